The Hall–Kier alpha value is -0.790. The molecule has 0 aliphatic carbocycles. The molecule has 1 aromatic rings. The summed E-state index contributed by atoms with van der Waals surface area (Å²) >= 11 is 0. The molecule has 0 unspecified atom stereocenters. The van der Waals surface area contributed by atoms with E-state index in [9.17, 15) is 0 Å². The van der Waals surface area contributed by atoms with E-state index in [2.05, 4.69) is 23.4 Å². The molecule has 0 amide bonds. The van der Waals surface area contributed by atoms with Gasteiger partial charge >= 0.3 is 0 Å². The highest BCUT2D eigenvalue weighted by Gasteiger charge is 1.92. The maximum Gasteiger partial charge on any atom is 0.105 e. The van der Waals surface area contributed by atoms with Gasteiger partial charge in [-0.15, -0.1) is 0 Å². The monoisotopic (exact) mass is 214 g/mol. The lowest BCUT2D eigenvalue weighted by molar-refractivity contribution is 0.827. The summed E-state index contributed by atoms with van der Waals surface area (Å²) in [5.41, 5.74) is 1.21. The van der Waals surface area contributed by atoms with E-state index in [0.717, 1.165) is 5.82 Å². The van der Waals surface area contributed by atoms with Crippen LogP contribution in [0.2, 0.25) is 0 Å². The van der Waals surface area contributed by atoms with Crippen LogP contribution in [-0.4, -0.2) is 9.55 Å². The highest BCUT2D eigenvalue weighted by Crippen LogP contribution is 1.96. The summed E-state index contributed by atoms with van der Waals surface area (Å²) in [4.78, 5) is 4.08. The SMILES string of the molecule is CC.CC.CCC.Cc1cnc(C)n1C. The van der Waals surface area contributed by atoms with Gasteiger partial charge in [0, 0.05) is 18.9 Å². The van der Waals surface area contributed by atoms with Crippen LogP contribution in [-0.2, 0) is 7.05 Å². The van der Waals surface area contributed by atoms with Crippen LogP contribution in [0, 0.1) is 13.8 Å². The van der Waals surface area contributed by atoms with Crippen LogP contribution in [0.1, 0.15) is 59.5 Å². The number of aryl methyl sites for hydroxylation is 2. The minimum atomic E-state index is 1.07. The van der Waals surface area contributed by atoms with Crippen molar-refractivity contribution in [3.63, 3.8) is 0 Å². The van der Waals surface area contributed by atoms with Crippen molar-refractivity contribution >= 4 is 0 Å². The first kappa shape index (κ1) is 19.7. The van der Waals surface area contributed by atoms with E-state index in [1.165, 1.54) is 12.1 Å². The lowest BCUT2D eigenvalue weighted by Gasteiger charge is -1.93. The predicted octanol–water partition coefficient (Wildman–Crippen LogP) is 4.51. The fourth-order valence-electron chi connectivity index (χ4n) is 0.615. The van der Waals surface area contributed by atoms with Gasteiger partial charge in [-0.2, -0.15) is 0 Å². The highest BCUT2D eigenvalue weighted by molar-refractivity contribution is 4.99. The Bertz CT molecular complexity index is 183. The van der Waals surface area contributed by atoms with Gasteiger partial charge in [0.2, 0.25) is 0 Å². The summed E-state index contributed by atoms with van der Waals surface area (Å²) < 4.78 is 2.06. The zero-order valence-electron chi connectivity index (χ0n) is 12.2. The molecule has 0 bridgehead atoms. The molecular weight excluding hydrogens is 184 g/mol. The molecule has 0 fully saturated rings. The summed E-state index contributed by atoms with van der Waals surface area (Å²) in [6.07, 6.45) is 3.12. The number of imidazole rings is 1. The Morgan fingerprint density at radius 3 is 1.47 bits per heavy atom. The summed E-state index contributed by atoms with van der Waals surface area (Å²) in [5.74, 6) is 1.07. The third-order valence-electron chi connectivity index (χ3n) is 1.45. The Balaban J connectivity index is -0.000000176. The largest absolute Gasteiger partial charge is 0.336 e. The quantitative estimate of drug-likeness (QED) is 0.621. The molecular formula is C13H30N2. The molecule has 1 heterocycles. The second-order valence-electron chi connectivity index (χ2n) is 2.71. The lowest BCUT2D eigenvalue weighted by Crippen LogP contribution is -1.92. The molecule has 15 heavy (non-hydrogen) atoms. The summed E-state index contributed by atoms with van der Waals surface area (Å²) in [7, 11) is 2.01. The van der Waals surface area contributed by atoms with Crippen molar-refractivity contribution < 1.29 is 0 Å². The summed E-state index contributed by atoms with van der Waals surface area (Å²) in [5, 5.41) is 0. The second kappa shape index (κ2) is 15.7. The summed E-state index contributed by atoms with van der Waals surface area (Å²) in [6, 6.07) is 0. The van der Waals surface area contributed by atoms with E-state index in [1.807, 2.05) is 54.8 Å². The van der Waals surface area contributed by atoms with E-state index in [4.69, 9.17) is 0 Å². The van der Waals surface area contributed by atoms with Crippen molar-refractivity contribution in [3.8, 4) is 0 Å². The number of rotatable bonds is 0. The topological polar surface area (TPSA) is 17.8 Å². The maximum absolute atomic E-state index is 4.08. The van der Waals surface area contributed by atoms with Crippen LogP contribution in [0.25, 0.3) is 0 Å². The minimum absolute atomic E-state index is 1.07. The van der Waals surface area contributed by atoms with Gasteiger partial charge < -0.3 is 4.57 Å². The van der Waals surface area contributed by atoms with Gasteiger partial charge in [0.1, 0.15) is 5.82 Å². The fourth-order valence-corrected chi connectivity index (χ4v) is 0.615. The molecule has 0 aliphatic heterocycles. The molecule has 2 heteroatoms. The van der Waals surface area contributed by atoms with Crippen LogP contribution >= 0.6 is 0 Å². The van der Waals surface area contributed by atoms with Crippen LogP contribution in [0.3, 0.4) is 0 Å². The zero-order valence-corrected chi connectivity index (χ0v) is 12.2. The molecule has 0 saturated heterocycles. The van der Waals surface area contributed by atoms with E-state index >= 15 is 0 Å². The van der Waals surface area contributed by atoms with Crippen molar-refractivity contribution in [2.24, 2.45) is 7.05 Å². The van der Waals surface area contributed by atoms with Crippen molar-refractivity contribution in [2.75, 3.05) is 0 Å². The molecule has 0 atom stereocenters. The molecule has 0 aromatic carbocycles. The number of aromatic nitrogens is 2. The fraction of sp³-hybridized carbons (Fsp3) is 0.769. The summed E-state index contributed by atoms with van der Waals surface area (Å²) in [6.45, 7) is 16.3. The molecule has 1 aromatic heterocycles. The minimum Gasteiger partial charge on any atom is -0.336 e. The molecule has 0 spiro atoms. The number of hydrogen-bond donors (Lipinski definition) is 0. The van der Waals surface area contributed by atoms with Gasteiger partial charge in [0.15, 0.2) is 0 Å². The molecule has 1 rings (SSSR count). The molecule has 0 N–H and O–H groups in total. The van der Waals surface area contributed by atoms with Gasteiger partial charge in [-0.25, -0.2) is 4.98 Å². The zero-order chi connectivity index (χ0) is 12.9. The number of nitrogens with zero attached hydrogens (tertiary/aromatic N) is 2. The normalized spacial score (nSPS) is 7.27. The standard InChI is InChI=1S/C6H10N2.C3H8.2C2H6/c1-5-4-7-6(2)8(5)3;1-3-2;2*1-2/h4H,1-3H3;3H2,1-2H3;2*1-2H3. The molecule has 0 aliphatic rings. The van der Waals surface area contributed by atoms with E-state index < -0.39 is 0 Å². The van der Waals surface area contributed by atoms with Gasteiger partial charge in [0.05, 0.1) is 0 Å². The maximum atomic E-state index is 4.08. The van der Waals surface area contributed by atoms with Crippen LogP contribution < -0.4 is 0 Å². The van der Waals surface area contributed by atoms with E-state index in [0.29, 0.717) is 0 Å². The third-order valence-corrected chi connectivity index (χ3v) is 1.45. The molecule has 0 radical (unpaired) electrons. The van der Waals surface area contributed by atoms with Gasteiger partial charge in [-0.05, 0) is 13.8 Å². The highest BCUT2D eigenvalue weighted by atomic mass is 15.0. The first-order valence-electron chi connectivity index (χ1n) is 6.08. The van der Waals surface area contributed by atoms with Crippen LogP contribution in [0.15, 0.2) is 6.20 Å². The Morgan fingerprint density at radius 2 is 1.40 bits per heavy atom. The number of hydrogen-bond acceptors (Lipinski definition) is 1. The van der Waals surface area contributed by atoms with Crippen molar-refractivity contribution in [1.82, 2.24) is 9.55 Å². The molecule has 0 saturated carbocycles. The third kappa shape index (κ3) is 11.1. The van der Waals surface area contributed by atoms with E-state index in [1.54, 1.807) is 0 Å². The first-order valence-corrected chi connectivity index (χ1v) is 6.08. The van der Waals surface area contributed by atoms with Crippen molar-refractivity contribution in [2.45, 2.75) is 61.8 Å². The van der Waals surface area contributed by atoms with Gasteiger partial charge in [0.25, 0.3) is 0 Å². The van der Waals surface area contributed by atoms with Crippen LogP contribution in [0.5, 0.6) is 0 Å². The Morgan fingerprint density at radius 1 is 1.07 bits per heavy atom. The molecule has 92 valence electrons. The van der Waals surface area contributed by atoms with E-state index in [-0.39, 0.29) is 0 Å². The van der Waals surface area contributed by atoms with Crippen molar-refractivity contribution in [1.29, 1.82) is 0 Å². The van der Waals surface area contributed by atoms with Crippen LogP contribution in [0.4, 0.5) is 0 Å². The first-order chi connectivity index (χ1) is 7.13. The average molecular weight is 214 g/mol. The predicted molar refractivity (Wildman–Crippen MR) is 71.3 cm³/mol. The molecule has 2 nitrogen and oxygen atoms in total. The Kier molecular flexibility index (Phi) is 20.6. The smallest absolute Gasteiger partial charge is 0.105 e. The second-order valence-corrected chi connectivity index (χ2v) is 2.71. The lowest BCUT2D eigenvalue weighted by atomic mass is 10.5. The van der Waals surface area contributed by atoms with Crippen molar-refractivity contribution in [3.05, 3.63) is 17.7 Å². The van der Waals surface area contributed by atoms with Gasteiger partial charge in [-0.1, -0.05) is 48.0 Å². The Labute approximate surface area is 96.7 Å². The van der Waals surface area contributed by atoms with Gasteiger partial charge in [-0.3, -0.25) is 0 Å². The average Bonchev–Trinajstić information content (AvgIpc) is 2.57.